The zero-order chi connectivity index (χ0) is 17.8. The molecule has 0 saturated carbocycles. The third kappa shape index (κ3) is 4.16. The molecule has 0 aliphatic carbocycles. The van der Waals surface area contributed by atoms with E-state index in [2.05, 4.69) is 15.3 Å². The minimum atomic E-state index is -0.557. The first kappa shape index (κ1) is 17.0. The largest absolute Gasteiger partial charge is 0.364 e. The summed E-state index contributed by atoms with van der Waals surface area (Å²) in [6, 6.07) is 15.1. The van der Waals surface area contributed by atoms with Crippen LogP contribution >= 0.6 is 0 Å². The maximum atomic E-state index is 12.3. The summed E-state index contributed by atoms with van der Waals surface area (Å²) in [6.07, 6.45) is -0.557. The Kier molecular flexibility index (Phi) is 5.00. The number of ether oxygens (including phenoxy) is 1. The highest BCUT2D eigenvalue weighted by atomic mass is 16.5. The zero-order valence-corrected chi connectivity index (χ0v) is 14.2. The lowest BCUT2D eigenvalue weighted by Gasteiger charge is -2.18. The highest BCUT2D eigenvalue weighted by Crippen LogP contribution is 2.17. The van der Waals surface area contributed by atoms with Crippen LogP contribution in [0.1, 0.15) is 31.0 Å². The van der Waals surface area contributed by atoms with E-state index >= 15 is 0 Å². The molecule has 0 radical (unpaired) electrons. The summed E-state index contributed by atoms with van der Waals surface area (Å²) in [6.45, 7) is 4.02. The Bertz CT molecular complexity index is 914. The predicted octanol–water partition coefficient (Wildman–Crippen LogP) is 2.64. The van der Waals surface area contributed by atoms with Crippen molar-refractivity contribution < 1.29 is 9.53 Å². The number of nitrogens with one attached hydrogen (secondary N) is 3. The molecule has 0 bridgehead atoms. The van der Waals surface area contributed by atoms with Gasteiger partial charge in [-0.05, 0) is 37.1 Å². The Labute approximate surface area is 145 Å². The van der Waals surface area contributed by atoms with Crippen LogP contribution in [0.3, 0.4) is 0 Å². The average Bonchev–Trinajstić information content (AvgIpc) is 2.99. The summed E-state index contributed by atoms with van der Waals surface area (Å²) in [5, 5.41) is 2.94. The van der Waals surface area contributed by atoms with Crippen molar-refractivity contribution in [3.8, 4) is 0 Å². The monoisotopic (exact) mass is 339 g/mol. The van der Waals surface area contributed by atoms with E-state index in [4.69, 9.17) is 4.74 Å². The van der Waals surface area contributed by atoms with E-state index in [9.17, 15) is 9.59 Å². The molecule has 1 amide bonds. The highest BCUT2D eigenvalue weighted by Gasteiger charge is 2.17. The first-order valence-corrected chi connectivity index (χ1v) is 8.21. The summed E-state index contributed by atoms with van der Waals surface area (Å²) in [7, 11) is 0. The number of aromatic amines is 2. The van der Waals surface area contributed by atoms with Gasteiger partial charge in [0.1, 0.15) is 6.10 Å². The Balaban J connectivity index is 1.59. The van der Waals surface area contributed by atoms with Crippen LogP contribution < -0.4 is 11.0 Å². The van der Waals surface area contributed by atoms with Crippen molar-refractivity contribution in [2.24, 2.45) is 0 Å². The fraction of sp³-hybridized carbons (Fsp3) is 0.263. The van der Waals surface area contributed by atoms with Crippen LogP contribution in [-0.2, 0) is 16.1 Å². The number of hydrogen-bond acceptors (Lipinski definition) is 3. The second kappa shape index (κ2) is 7.36. The molecule has 1 heterocycles. The van der Waals surface area contributed by atoms with Gasteiger partial charge < -0.3 is 20.0 Å². The number of amides is 1. The summed E-state index contributed by atoms with van der Waals surface area (Å²) in [5.74, 6) is -0.175. The zero-order valence-electron chi connectivity index (χ0n) is 14.2. The third-order valence-corrected chi connectivity index (χ3v) is 4.11. The molecule has 6 heteroatoms. The Hall–Kier alpha value is -2.86. The summed E-state index contributed by atoms with van der Waals surface area (Å²) < 4.78 is 5.64. The van der Waals surface area contributed by atoms with Crippen LogP contribution in [0.25, 0.3) is 11.0 Å². The lowest BCUT2D eigenvalue weighted by molar-refractivity contribution is -0.133. The molecule has 0 unspecified atom stereocenters. The van der Waals surface area contributed by atoms with E-state index in [0.717, 1.165) is 22.2 Å². The Morgan fingerprint density at radius 1 is 1.08 bits per heavy atom. The van der Waals surface area contributed by atoms with Gasteiger partial charge in [-0.25, -0.2) is 4.79 Å². The number of rotatable bonds is 6. The molecule has 6 nitrogen and oxygen atoms in total. The smallest absolute Gasteiger partial charge is 0.323 e. The topological polar surface area (TPSA) is 87.0 Å². The van der Waals surface area contributed by atoms with E-state index in [1.807, 2.05) is 55.5 Å². The molecule has 3 N–H and O–H groups in total. The molecule has 3 aromatic rings. The SMILES string of the molecule is C[C@@H](OCc1ccccc1)C(=O)N[C@H](C)c1ccc2[nH]c(=O)[nH]c2c1. The lowest BCUT2D eigenvalue weighted by Crippen LogP contribution is -2.36. The fourth-order valence-electron chi connectivity index (χ4n) is 2.60. The standard InChI is InChI=1S/C19H21N3O3/c1-12(15-8-9-16-17(10-15)22-19(24)21-16)20-18(23)13(2)25-11-14-6-4-3-5-7-14/h3-10,12-13H,11H2,1-2H3,(H,20,23)(H2,21,22,24)/t12-,13-/m1/s1. The van der Waals surface area contributed by atoms with Gasteiger partial charge >= 0.3 is 5.69 Å². The number of fused-ring (bicyclic) bond motifs is 1. The van der Waals surface area contributed by atoms with Crippen molar-refractivity contribution in [3.05, 3.63) is 70.1 Å². The highest BCUT2D eigenvalue weighted by molar-refractivity contribution is 5.81. The molecule has 0 saturated heterocycles. The maximum Gasteiger partial charge on any atom is 0.323 e. The van der Waals surface area contributed by atoms with Crippen LogP contribution in [0.15, 0.2) is 53.3 Å². The second-order valence-corrected chi connectivity index (χ2v) is 6.05. The van der Waals surface area contributed by atoms with Gasteiger partial charge in [0.25, 0.3) is 0 Å². The molecule has 0 fully saturated rings. The maximum absolute atomic E-state index is 12.3. The molecule has 3 rings (SSSR count). The molecule has 2 aromatic carbocycles. The first-order valence-electron chi connectivity index (χ1n) is 8.21. The molecule has 0 aliphatic rings. The number of carbonyl (C=O) groups is 1. The number of hydrogen-bond donors (Lipinski definition) is 3. The number of H-pyrrole nitrogens is 2. The van der Waals surface area contributed by atoms with E-state index in [-0.39, 0.29) is 17.6 Å². The molecular formula is C19H21N3O3. The summed E-state index contributed by atoms with van der Waals surface area (Å²) >= 11 is 0. The number of benzene rings is 2. The Morgan fingerprint density at radius 3 is 2.56 bits per heavy atom. The van der Waals surface area contributed by atoms with E-state index < -0.39 is 6.10 Å². The van der Waals surface area contributed by atoms with Gasteiger partial charge in [-0.2, -0.15) is 0 Å². The quantitative estimate of drug-likeness (QED) is 0.645. The van der Waals surface area contributed by atoms with Crippen LogP contribution in [0.5, 0.6) is 0 Å². The van der Waals surface area contributed by atoms with Gasteiger partial charge in [-0.3, -0.25) is 4.79 Å². The van der Waals surface area contributed by atoms with E-state index in [0.29, 0.717) is 6.61 Å². The molecular weight excluding hydrogens is 318 g/mol. The normalized spacial score (nSPS) is 13.5. The van der Waals surface area contributed by atoms with Gasteiger partial charge in [0.05, 0.1) is 23.7 Å². The third-order valence-electron chi connectivity index (χ3n) is 4.11. The molecule has 1 aromatic heterocycles. The minimum Gasteiger partial charge on any atom is -0.364 e. The van der Waals surface area contributed by atoms with Crippen molar-refractivity contribution in [1.29, 1.82) is 0 Å². The summed E-state index contributed by atoms with van der Waals surface area (Å²) in [5.41, 5.74) is 3.15. The van der Waals surface area contributed by atoms with Crippen molar-refractivity contribution in [3.63, 3.8) is 0 Å². The summed E-state index contributed by atoms with van der Waals surface area (Å²) in [4.78, 5) is 29.1. The lowest BCUT2D eigenvalue weighted by atomic mass is 10.1. The van der Waals surface area contributed by atoms with Crippen molar-refractivity contribution in [1.82, 2.24) is 15.3 Å². The van der Waals surface area contributed by atoms with Crippen LogP contribution in [-0.4, -0.2) is 22.0 Å². The molecule has 0 spiro atoms. The van der Waals surface area contributed by atoms with Gasteiger partial charge in [0.15, 0.2) is 0 Å². The predicted molar refractivity (Wildman–Crippen MR) is 96.2 cm³/mol. The van der Waals surface area contributed by atoms with Crippen molar-refractivity contribution in [2.45, 2.75) is 32.6 Å². The van der Waals surface area contributed by atoms with E-state index in [1.54, 1.807) is 6.92 Å². The minimum absolute atomic E-state index is 0.175. The molecule has 2 atom stereocenters. The molecule has 0 aliphatic heterocycles. The molecule has 130 valence electrons. The number of imidazole rings is 1. The fourth-order valence-corrected chi connectivity index (χ4v) is 2.60. The van der Waals surface area contributed by atoms with Crippen LogP contribution in [0, 0.1) is 0 Å². The van der Waals surface area contributed by atoms with Gasteiger partial charge in [0, 0.05) is 0 Å². The van der Waals surface area contributed by atoms with E-state index in [1.165, 1.54) is 0 Å². The van der Waals surface area contributed by atoms with Crippen LogP contribution in [0.2, 0.25) is 0 Å². The van der Waals surface area contributed by atoms with Crippen molar-refractivity contribution in [2.75, 3.05) is 0 Å². The van der Waals surface area contributed by atoms with Crippen LogP contribution in [0.4, 0.5) is 0 Å². The van der Waals surface area contributed by atoms with Gasteiger partial charge in [-0.15, -0.1) is 0 Å². The first-order chi connectivity index (χ1) is 12.0. The van der Waals surface area contributed by atoms with Crippen molar-refractivity contribution >= 4 is 16.9 Å². The Morgan fingerprint density at radius 2 is 1.80 bits per heavy atom. The number of carbonyl (C=O) groups excluding carboxylic acids is 1. The second-order valence-electron chi connectivity index (χ2n) is 6.05. The van der Waals surface area contributed by atoms with Gasteiger partial charge in [-0.1, -0.05) is 36.4 Å². The molecule has 25 heavy (non-hydrogen) atoms. The van der Waals surface area contributed by atoms with Gasteiger partial charge in [0.2, 0.25) is 5.91 Å². The number of aromatic nitrogens is 2. The average molecular weight is 339 g/mol.